The van der Waals surface area contributed by atoms with Gasteiger partial charge in [-0.15, -0.1) is 10.2 Å². The SMILES string of the molecule is O=C(c1ccccc1F)N(C(=O)c1ccccc1F)c1nnc(-c2ccco2)c(-c2ccco2)n1. The molecule has 0 unspecified atom stereocenters. The van der Waals surface area contributed by atoms with Crippen molar-refractivity contribution in [1.29, 1.82) is 0 Å². The minimum atomic E-state index is -1.10. The van der Waals surface area contributed by atoms with Gasteiger partial charge in [-0.2, -0.15) is 0 Å². The Bertz CT molecular complexity index is 1460. The van der Waals surface area contributed by atoms with Crippen molar-refractivity contribution < 1.29 is 27.2 Å². The molecular formula is C25H14F2N4O4. The van der Waals surface area contributed by atoms with E-state index >= 15 is 0 Å². The quantitative estimate of drug-likeness (QED) is 0.326. The number of anilines is 1. The van der Waals surface area contributed by atoms with E-state index in [1.807, 2.05) is 0 Å². The van der Waals surface area contributed by atoms with Gasteiger partial charge < -0.3 is 8.83 Å². The van der Waals surface area contributed by atoms with Crippen LogP contribution in [-0.2, 0) is 0 Å². The summed E-state index contributed by atoms with van der Waals surface area (Å²) < 4.78 is 39.8. The fourth-order valence-electron chi connectivity index (χ4n) is 3.36. The van der Waals surface area contributed by atoms with Crippen LogP contribution >= 0.6 is 0 Å². The van der Waals surface area contributed by atoms with Crippen molar-refractivity contribution in [2.45, 2.75) is 0 Å². The Hall–Kier alpha value is -4.99. The van der Waals surface area contributed by atoms with Gasteiger partial charge in [0, 0.05) is 0 Å². The average molecular weight is 472 g/mol. The standard InChI is InChI=1S/C25H14F2N4O4/c26-17-9-3-1-7-15(17)23(32)31(24(33)16-8-2-4-10-18(16)27)25-28-21(19-11-5-13-34-19)22(29-30-25)20-12-6-14-35-20/h1-14H. The Balaban J connectivity index is 1.70. The summed E-state index contributed by atoms with van der Waals surface area (Å²) in [5, 5.41) is 8.03. The molecule has 0 aliphatic rings. The summed E-state index contributed by atoms with van der Waals surface area (Å²) >= 11 is 0. The van der Waals surface area contributed by atoms with Gasteiger partial charge in [0.2, 0.25) is 0 Å². The molecule has 0 saturated carbocycles. The molecular weight excluding hydrogens is 458 g/mol. The van der Waals surface area contributed by atoms with E-state index in [0.717, 1.165) is 12.1 Å². The van der Waals surface area contributed by atoms with Crippen molar-refractivity contribution in [2.75, 3.05) is 4.90 Å². The third-order valence-electron chi connectivity index (χ3n) is 5.00. The van der Waals surface area contributed by atoms with Gasteiger partial charge in [0.15, 0.2) is 17.2 Å². The molecule has 3 aromatic heterocycles. The van der Waals surface area contributed by atoms with E-state index < -0.39 is 40.5 Å². The Labute approximate surface area is 196 Å². The van der Waals surface area contributed by atoms with Crippen LogP contribution in [0, 0.1) is 11.6 Å². The molecule has 172 valence electrons. The second-order valence-electron chi connectivity index (χ2n) is 7.17. The molecule has 0 aliphatic carbocycles. The van der Waals surface area contributed by atoms with Crippen LogP contribution in [0.15, 0.2) is 94.2 Å². The third-order valence-corrected chi connectivity index (χ3v) is 5.00. The highest BCUT2D eigenvalue weighted by molar-refractivity contribution is 6.25. The van der Waals surface area contributed by atoms with Crippen LogP contribution < -0.4 is 4.90 Å². The first-order valence-electron chi connectivity index (χ1n) is 10.2. The van der Waals surface area contributed by atoms with Gasteiger partial charge in [-0.25, -0.2) is 18.7 Å². The predicted octanol–water partition coefficient (Wildman–Crippen LogP) is 5.16. The lowest BCUT2D eigenvalue weighted by Crippen LogP contribution is -2.39. The summed E-state index contributed by atoms with van der Waals surface area (Å²) in [6, 6.07) is 16.6. The maximum Gasteiger partial charge on any atom is 0.270 e. The Morgan fingerprint density at radius 2 is 1.17 bits per heavy atom. The number of hydrogen-bond acceptors (Lipinski definition) is 7. The van der Waals surface area contributed by atoms with Crippen LogP contribution in [0.2, 0.25) is 0 Å². The van der Waals surface area contributed by atoms with Crippen molar-refractivity contribution in [1.82, 2.24) is 15.2 Å². The molecule has 0 fully saturated rings. The zero-order valence-electron chi connectivity index (χ0n) is 17.8. The van der Waals surface area contributed by atoms with E-state index in [1.54, 1.807) is 24.3 Å². The smallest absolute Gasteiger partial charge is 0.270 e. The number of nitrogens with zero attached hydrogens (tertiary/aromatic N) is 4. The number of imide groups is 1. The highest BCUT2D eigenvalue weighted by Gasteiger charge is 2.33. The van der Waals surface area contributed by atoms with Crippen molar-refractivity contribution in [2.24, 2.45) is 0 Å². The highest BCUT2D eigenvalue weighted by atomic mass is 19.1. The lowest BCUT2D eigenvalue weighted by molar-refractivity contribution is 0.0891. The van der Waals surface area contributed by atoms with Crippen molar-refractivity contribution in [3.8, 4) is 22.9 Å². The van der Waals surface area contributed by atoms with Gasteiger partial charge in [0.25, 0.3) is 17.8 Å². The van der Waals surface area contributed by atoms with Crippen molar-refractivity contribution in [3.63, 3.8) is 0 Å². The second-order valence-corrected chi connectivity index (χ2v) is 7.17. The number of carbonyl (C=O) groups is 2. The molecule has 10 heteroatoms. The maximum absolute atomic E-state index is 14.5. The third kappa shape index (κ3) is 4.08. The summed E-state index contributed by atoms with van der Waals surface area (Å²) in [6.07, 6.45) is 2.82. The molecule has 0 spiro atoms. The van der Waals surface area contributed by atoms with E-state index in [-0.39, 0.29) is 17.1 Å². The van der Waals surface area contributed by atoms with Gasteiger partial charge in [0.05, 0.1) is 23.7 Å². The summed E-state index contributed by atoms with van der Waals surface area (Å²) in [7, 11) is 0. The Morgan fingerprint density at radius 1 is 0.657 bits per heavy atom. The van der Waals surface area contributed by atoms with E-state index in [9.17, 15) is 18.4 Å². The molecule has 2 aromatic carbocycles. The Kier molecular flexibility index (Phi) is 5.68. The fraction of sp³-hybridized carbons (Fsp3) is 0. The van der Waals surface area contributed by atoms with Crippen molar-refractivity contribution in [3.05, 3.63) is 108 Å². The van der Waals surface area contributed by atoms with Crippen LogP contribution in [-0.4, -0.2) is 27.0 Å². The van der Waals surface area contributed by atoms with E-state index in [1.165, 1.54) is 48.9 Å². The molecule has 0 radical (unpaired) electrons. The summed E-state index contributed by atoms with van der Waals surface area (Å²) in [5.41, 5.74) is -0.598. The zero-order valence-corrected chi connectivity index (χ0v) is 17.8. The Morgan fingerprint density at radius 3 is 1.66 bits per heavy atom. The lowest BCUT2D eigenvalue weighted by atomic mass is 10.1. The minimum absolute atomic E-state index is 0.0996. The topological polar surface area (TPSA) is 102 Å². The molecule has 0 bridgehead atoms. The molecule has 8 nitrogen and oxygen atoms in total. The first-order chi connectivity index (χ1) is 17.0. The number of amides is 2. The first kappa shape index (κ1) is 21.8. The number of aromatic nitrogens is 3. The van der Waals surface area contributed by atoms with Crippen LogP contribution in [0.3, 0.4) is 0 Å². The average Bonchev–Trinajstić information content (AvgIpc) is 3.59. The normalized spacial score (nSPS) is 10.8. The number of carbonyl (C=O) groups excluding carboxylic acids is 2. The number of hydrogen-bond donors (Lipinski definition) is 0. The van der Waals surface area contributed by atoms with Gasteiger partial charge in [-0.05, 0) is 48.5 Å². The van der Waals surface area contributed by atoms with Crippen LogP contribution in [0.4, 0.5) is 14.7 Å². The molecule has 2 amide bonds. The molecule has 0 atom stereocenters. The van der Waals surface area contributed by atoms with E-state index in [4.69, 9.17) is 8.83 Å². The fourth-order valence-corrected chi connectivity index (χ4v) is 3.36. The van der Waals surface area contributed by atoms with E-state index in [2.05, 4.69) is 15.2 Å². The number of halogens is 2. The first-order valence-corrected chi connectivity index (χ1v) is 10.2. The van der Waals surface area contributed by atoms with Crippen molar-refractivity contribution >= 4 is 17.8 Å². The largest absolute Gasteiger partial charge is 0.463 e. The molecule has 0 saturated heterocycles. The maximum atomic E-state index is 14.5. The summed E-state index contributed by atoms with van der Waals surface area (Å²) in [6.45, 7) is 0. The van der Waals surface area contributed by atoms with Gasteiger partial charge >= 0.3 is 0 Å². The lowest BCUT2D eigenvalue weighted by Gasteiger charge is -2.20. The molecule has 0 aliphatic heterocycles. The van der Waals surface area contributed by atoms with Crippen LogP contribution in [0.5, 0.6) is 0 Å². The van der Waals surface area contributed by atoms with Crippen LogP contribution in [0.1, 0.15) is 20.7 Å². The van der Waals surface area contributed by atoms with E-state index in [0.29, 0.717) is 10.7 Å². The summed E-state index contributed by atoms with van der Waals surface area (Å²) in [5.74, 6) is -3.93. The number of furan rings is 2. The van der Waals surface area contributed by atoms with Crippen LogP contribution in [0.25, 0.3) is 22.9 Å². The second kappa shape index (κ2) is 9.10. The van der Waals surface area contributed by atoms with Gasteiger partial charge in [-0.1, -0.05) is 24.3 Å². The molecule has 5 rings (SSSR count). The minimum Gasteiger partial charge on any atom is -0.463 e. The molecule has 35 heavy (non-hydrogen) atoms. The zero-order chi connectivity index (χ0) is 24.4. The highest BCUT2D eigenvalue weighted by Crippen LogP contribution is 2.31. The molecule has 3 heterocycles. The van der Waals surface area contributed by atoms with Gasteiger partial charge in [0.1, 0.15) is 17.3 Å². The van der Waals surface area contributed by atoms with Gasteiger partial charge in [-0.3, -0.25) is 9.59 Å². The monoisotopic (exact) mass is 472 g/mol. The predicted molar refractivity (Wildman–Crippen MR) is 119 cm³/mol. The molecule has 5 aromatic rings. The molecule has 0 N–H and O–H groups in total. The number of benzene rings is 2. The number of rotatable bonds is 5. The summed E-state index contributed by atoms with van der Waals surface area (Å²) in [4.78, 5) is 31.6.